The molecule has 2 rings (SSSR count). The minimum atomic E-state index is -0.0969. The van der Waals surface area contributed by atoms with Crippen LogP contribution >= 0.6 is 0 Å². The number of hydrogen-bond donors (Lipinski definition) is 1. The van der Waals surface area contributed by atoms with Crippen LogP contribution in [0, 0.1) is 0 Å². The van der Waals surface area contributed by atoms with Crippen LogP contribution in [0.2, 0.25) is 0 Å². The van der Waals surface area contributed by atoms with E-state index in [0.717, 1.165) is 18.4 Å². The van der Waals surface area contributed by atoms with Crippen molar-refractivity contribution in [3.05, 3.63) is 35.9 Å². The van der Waals surface area contributed by atoms with Crippen molar-refractivity contribution in [1.82, 2.24) is 10.2 Å². The van der Waals surface area contributed by atoms with Crippen LogP contribution in [0.3, 0.4) is 0 Å². The highest BCUT2D eigenvalue weighted by Gasteiger charge is 2.24. The number of carbonyl (C=O) groups excluding carboxylic acids is 2. The smallest absolute Gasteiger partial charge is 0.253 e. The van der Waals surface area contributed by atoms with Gasteiger partial charge in [0, 0.05) is 31.8 Å². The summed E-state index contributed by atoms with van der Waals surface area (Å²) in [5.74, 6) is -0.0346. The predicted molar refractivity (Wildman–Crippen MR) is 75.4 cm³/mol. The molecular formula is C15H20N2O3. The first-order chi connectivity index (χ1) is 9.70. The van der Waals surface area contributed by atoms with Gasteiger partial charge < -0.3 is 15.0 Å². The first-order valence-corrected chi connectivity index (χ1v) is 6.83. The molecule has 1 fully saturated rings. The van der Waals surface area contributed by atoms with Gasteiger partial charge >= 0.3 is 0 Å². The number of piperidine rings is 1. The lowest BCUT2D eigenvalue weighted by molar-refractivity contribution is -0.125. The van der Waals surface area contributed by atoms with Crippen molar-refractivity contribution in [2.45, 2.75) is 18.9 Å². The van der Waals surface area contributed by atoms with Crippen LogP contribution < -0.4 is 5.32 Å². The Morgan fingerprint density at radius 2 is 1.90 bits per heavy atom. The van der Waals surface area contributed by atoms with Gasteiger partial charge in [0.15, 0.2) is 0 Å². The third-order valence-electron chi connectivity index (χ3n) is 3.44. The quantitative estimate of drug-likeness (QED) is 0.894. The van der Waals surface area contributed by atoms with Gasteiger partial charge in [-0.25, -0.2) is 0 Å². The molecule has 1 saturated heterocycles. The van der Waals surface area contributed by atoms with Crippen LogP contribution in [0.1, 0.15) is 23.2 Å². The summed E-state index contributed by atoms with van der Waals surface area (Å²) in [6.45, 7) is 1.43. The Kier molecular flexibility index (Phi) is 5.12. The molecule has 0 aliphatic carbocycles. The topological polar surface area (TPSA) is 58.6 Å². The van der Waals surface area contributed by atoms with Gasteiger partial charge in [0.2, 0.25) is 5.91 Å². The zero-order valence-electron chi connectivity index (χ0n) is 11.7. The zero-order valence-corrected chi connectivity index (χ0v) is 11.7. The Balaban J connectivity index is 1.82. The third-order valence-corrected chi connectivity index (χ3v) is 3.44. The average Bonchev–Trinajstić information content (AvgIpc) is 2.48. The van der Waals surface area contributed by atoms with Crippen molar-refractivity contribution in [2.75, 3.05) is 26.8 Å². The highest BCUT2D eigenvalue weighted by atomic mass is 16.5. The summed E-state index contributed by atoms with van der Waals surface area (Å²) in [7, 11) is 1.50. The fourth-order valence-corrected chi connectivity index (χ4v) is 2.39. The Labute approximate surface area is 118 Å². The standard InChI is InChI=1S/C15H20N2O3/c1-20-11-14(18)16-13-7-9-17(10-8-13)15(19)12-5-3-2-4-6-12/h2-6,13H,7-11H2,1H3,(H,16,18). The van der Waals surface area contributed by atoms with Crippen molar-refractivity contribution in [2.24, 2.45) is 0 Å². The molecule has 5 heteroatoms. The number of rotatable bonds is 4. The van der Waals surface area contributed by atoms with Crippen LogP contribution in [0.4, 0.5) is 0 Å². The Morgan fingerprint density at radius 1 is 1.25 bits per heavy atom. The number of nitrogens with zero attached hydrogens (tertiary/aromatic N) is 1. The van der Waals surface area contributed by atoms with Gasteiger partial charge in [-0.2, -0.15) is 0 Å². The number of amides is 2. The molecule has 2 amide bonds. The summed E-state index contributed by atoms with van der Waals surface area (Å²) in [5, 5.41) is 2.92. The summed E-state index contributed by atoms with van der Waals surface area (Å²) in [5.41, 5.74) is 0.717. The van der Waals surface area contributed by atoms with Crippen molar-refractivity contribution < 1.29 is 14.3 Å². The van der Waals surface area contributed by atoms with E-state index in [4.69, 9.17) is 4.74 Å². The van der Waals surface area contributed by atoms with Gasteiger partial charge in [0.1, 0.15) is 6.61 Å². The maximum absolute atomic E-state index is 12.2. The molecule has 1 aromatic rings. The highest BCUT2D eigenvalue weighted by Crippen LogP contribution is 2.13. The molecule has 1 aliphatic heterocycles. The molecule has 0 saturated carbocycles. The molecular weight excluding hydrogens is 256 g/mol. The molecule has 0 spiro atoms. The van der Waals surface area contributed by atoms with Gasteiger partial charge in [-0.3, -0.25) is 9.59 Å². The third kappa shape index (κ3) is 3.81. The Bertz CT molecular complexity index is 453. The molecule has 0 unspecified atom stereocenters. The Morgan fingerprint density at radius 3 is 2.50 bits per heavy atom. The molecule has 1 heterocycles. The van der Waals surface area contributed by atoms with E-state index in [1.165, 1.54) is 7.11 Å². The van der Waals surface area contributed by atoms with E-state index >= 15 is 0 Å². The van der Waals surface area contributed by atoms with Gasteiger partial charge in [-0.05, 0) is 25.0 Å². The molecule has 20 heavy (non-hydrogen) atoms. The van der Waals surface area contributed by atoms with Gasteiger partial charge in [0.25, 0.3) is 5.91 Å². The number of ether oxygens (including phenoxy) is 1. The van der Waals surface area contributed by atoms with E-state index in [1.54, 1.807) is 0 Å². The maximum Gasteiger partial charge on any atom is 0.253 e. The summed E-state index contributed by atoms with van der Waals surface area (Å²) < 4.78 is 4.79. The van der Waals surface area contributed by atoms with Crippen molar-refractivity contribution in [3.63, 3.8) is 0 Å². The molecule has 0 atom stereocenters. The highest BCUT2D eigenvalue weighted by molar-refractivity contribution is 5.94. The minimum Gasteiger partial charge on any atom is -0.375 e. The van der Waals surface area contributed by atoms with E-state index in [2.05, 4.69) is 5.32 Å². The fourth-order valence-electron chi connectivity index (χ4n) is 2.39. The maximum atomic E-state index is 12.2. The molecule has 5 nitrogen and oxygen atoms in total. The number of benzene rings is 1. The van der Waals surface area contributed by atoms with E-state index in [0.29, 0.717) is 13.1 Å². The minimum absolute atomic E-state index is 0.0623. The van der Waals surface area contributed by atoms with Crippen LogP contribution in [0.25, 0.3) is 0 Å². The molecule has 108 valence electrons. The SMILES string of the molecule is COCC(=O)NC1CCN(C(=O)c2ccccc2)CC1. The van der Waals surface area contributed by atoms with E-state index in [-0.39, 0.29) is 24.5 Å². The van der Waals surface area contributed by atoms with Crippen molar-refractivity contribution in [3.8, 4) is 0 Å². The lowest BCUT2D eigenvalue weighted by Gasteiger charge is -2.32. The van der Waals surface area contributed by atoms with Gasteiger partial charge in [0.05, 0.1) is 0 Å². The van der Waals surface area contributed by atoms with Crippen LogP contribution in [-0.2, 0) is 9.53 Å². The van der Waals surface area contributed by atoms with Crippen molar-refractivity contribution >= 4 is 11.8 Å². The van der Waals surface area contributed by atoms with E-state index in [9.17, 15) is 9.59 Å². The van der Waals surface area contributed by atoms with Gasteiger partial charge in [-0.1, -0.05) is 18.2 Å². The van der Waals surface area contributed by atoms with E-state index < -0.39 is 0 Å². The molecule has 0 radical (unpaired) electrons. The predicted octanol–water partition coefficient (Wildman–Crippen LogP) is 1.05. The lowest BCUT2D eigenvalue weighted by atomic mass is 10.0. The normalized spacial score (nSPS) is 15.9. The molecule has 0 aromatic heterocycles. The summed E-state index contributed by atoms with van der Waals surface area (Å²) in [6.07, 6.45) is 1.57. The number of carbonyl (C=O) groups is 2. The van der Waals surface area contributed by atoms with Gasteiger partial charge in [-0.15, -0.1) is 0 Å². The Hall–Kier alpha value is -1.88. The molecule has 1 N–H and O–H groups in total. The second-order valence-electron chi connectivity index (χ2n) is 4.93. The second-order valence-corrected chi connectivity index (χ2v) is 4.93. The molecule has 1 aliphatic rings. The average molecular weight is 276 g/mol. The number of hydrogen-bond acceptors (Lipinski definition) is 3. The fraction of sp³-hybridized carbons (Fsp3) is 0.467. The molecule has 0 bridgehead atoms. The summed E-state index contributed by atoms with van der Waals surface area (Å²) in [4.78, 5) is 25.5. The second kappa shape index (κ2) is 7.05. The van der Waals surface area contributed by atoms with Crippen LogP contribution in [0.5, 0.6) is 0 Å². The number of methoxy groups -OCH3 is 1. The number of likely N-dealkylation sites (tertiary alicyclic amines) is 1. The van der Waals surface area contributed by atoms with E-state index in [1.807, 2.05) is 35.2 Å². The zero-order chi connectivity index (χ0) is 14.4. The lowest BCUT2D eigenvalue weighted by Crippen LogP contribution is -2.47. The monoisotopic (exact) mass is 276 g/mol. The van der Waals surface area contributed by atoms with Crippen LogP contribution in [0.15, 0.2) is 30.3 Å². The summed E-state index contributed by atoms with van der Waals surface area (Å²) >= 11 is 0. The number of nitrogens with one attached hydrogen (secondary N) is 1. The first kappa shape index (κ1) is 14.5. The molecule has 1 aromatic carbocycles. The summed E-state index contributed by atoms with van der Waals surface area (Å²) in [6, 6.07) is 9.42. The first-order valence-electron chi connectivity index (χ1n) is 6.83. The largest absolute Gasteiger partial charge is 0.375 e. The van der Waals surface area contributed by atoms with Crippen LogP contribution in [-0.4, -0.2) is 49.6 Å². The van der Waals surface area contributed by atoms with Crippen molar-refractivity contribution in [1.29, 1.82) is 0 Å².